The van der Waals surface area contributed by atoms with Crippen LogP contribution < -0.4 is 4.90 Å². The number of para-hydroxylation sites is 2. The average Bonchev–Trinajstić information content (AvgIpc) is 3.93. The molecule has 0 saturated carbocycles. The van der Waals surface area contributed by atoms with Gasteiger partial charge in [-0.05, 0) is 134 Å². The van der Waals surface area contributed by atoms with Crippen molar-refractivity contribution in [1.29, 1.82) is 0 Å². The van der Waals surface area contributed by atoms with Crippen molar-refractivity contribution in [3.8, 4) is 27.9 Å². The van der Waals surface area contributed by atoms with Crippen LogP contribution in [-0.4, -0.2) is 4.57 Å². The van der Waals surface area contributed by atoms with Crippen molar-refractivity contribution >= 4 is 82.4 Å². The Morgan fingerprint density at radius 1 is 0.403 bits per heavy atom. The summed E-state index contributed by atoms with van der Waals surface area (Å²) in [5.74, 6) is 0. The van der Waals surface area contributed by atoms with Gasteiger partial charge in [-0.1, -0.05) is 135 Å². The van der Waals surface area contributed by atoms with Crippen molar-refractivity contribution in [3.63, 3.8) is 0 Å². The molecule has 1 aliphatic carbocycles. The largest absolute Gasteiger partial charge is 0.456 e. The van der Waals surface area contributed by atoms with E-state index in [0.717, 1.165) is 50.3 Å². The minimum Gasteiger partial charge on any atom is -0.456 e. The lowest BCUT2D eigenvalue weighted by Crippen LogP contribution is -2.14. The summed E-state index contributed by atoms with van der Waals surface area (Å²) in [7, 11) is 0. The van der Waals surface area contributed by atoms with Crippen LogP contribution in [0.15, 0.2) is 211 Å². The Kier molecular flexibility index (Phi) is 7.36. The minimum atomic E-state index is -0.0608. The molecule has 0 atom stereocenters. The van der Waals surface area contributed by atoms with E-state index in [1.807, 2.05) is 12.1 Å². The molecule has 0 unspecified atom stereocenters. The molecule has 0 radical (unpaired) electrons. The molecule has 2 aromatic heterocycles. The predicted molar refractivity (Wildman–Crippen MR) is 261 cm³/mol. The molecule has 0 N–H and O–H groups in total. The molecular weight excluding hydrogens is 753 g/mol. The Balaban J connectivity index is 1.00. The fraction of sp³-hybridized carbons (Fsp3) is 0.0508. The van der Waals surface area contributed by atoms with Crippen LogP contribution in [0.4, 0.5) is 17.1 Å². The van der Waals surface area contributed by atoms with E-state index in [0.29, 0.717) is 0 Å². The maximum Gasteiger partial charge on any atom is 0.137 e. The van der Waals surface area contributed by atoms with Gasteiger partial charge in [-0.25, -0.2) is 0 Å². The van der Waals surface area contributed by atoms with E-state index in [-0.39, 0.29) is 5.41 Å². The smallest absolute Gasteiger partial charge is 0.137 e. The van der Waals surface area contributed by atoms with Gasteiger partial charge in [-0.15, -0.1) is 0 Å². The average molecular weight is 793 g/mol. The van der Waals surface area contributed by atoms with Crippen molar-refractivity contribution < 1.29 is 4.42 Å². The van der Waals surface area contributed by atoms with Gasteiger partial charge in [-0.2, -0.15) is 0 Å². The molecule has 0 bridgehead atoms. The first-order valence-electron chi connectivity index (χ1n) is 21.5. The lowest BCUT2D eigenvalue weighted by Gasteiger charge is -2.26. The third-order valence-electron chi connectivity index (χ3n) is 13.5. The van der Waals surface area contributed by atoms with Gasteiger partial charge >= 0.3 is 0 Å². The van der Waals surface area contributed by atoms with Crippen molar-refractivity contribution in [2.45, 2.75) is 19.3 Å². The second kappa shape index (κ2) is 13.1. The predicted octanol–water partition coefficient (Wildman–Crippen LogP) is 16.4. The van der Waals surface area contributed by atoms with Crippen LogP contribution in [0.1, 0.15) is 25.0 Å². The molecule has 3 heteroatoms. The fourth-order valence-corrected chi connectivity index (χ4v) is 10.5. The minimum absolute atomic E-state index is 0.0608. The normalized spacial score (nSPS) is 13.1. The summed E-state index contributed by atoms with van der Waals surface area (Å²) in [6, 6.07) is 75.5. The first kappa shape index (κ1) is 34.9. The zero-order valence-corrected chi connectivity index (χ0v) is 34.4. The molecule has 10 aromatic carbocycles. The van der Waals surface area contributed by atoms with E-state index in [1.165, 1.54) is 71.2 Å². The van der Waals surface area contributed by atoms with Crippen molar-refractivity contribution in [3.05, 3.63) is 217 Å². The van der Waals surface area contributed by atoms with Crippen molar-refractivity contribution in [2.75, 3.05) is 4.90 Å². The summed E-state index contributed by atoms with van der Waals surface area (Å²) >= 11 is 0. The second-order valence-electron chi connectivity index (χ2n) is 17.3. The molecule has 1 aliphatic rings. The monoisotopic (exact) mass is 792 g/mol. The maximum absolute atomic E-state index is 6.43. The number of fused-ring (bicyclic) bond motifs is 12. The number of benzene rings is 10. The van der Waals surface area contributed by atoms with Crippen LogP contribution >= 0.6 is 0 Å². The van der Waals surface area contributed by atoms with Gasteiger partial charge in [0.05, 0.1) is 11.0 Å². The molecule has 12 aromatic rings. The summed E-state index contributed by atoms with van der Waals surface area (Å²) in [4.78, 5) is 2.35. The highest BCUT2D eigenvalue weighted by molar-refractivity contribution is 6.17. The Morgan fingerprint density at radius 2 is 1.11 bits per heavy atom. The summed E-state index contributed by atoms with van der Waals surface area (Å²) in [5.41, 5.74) is 16.3. The van der Waals surface area contributed by atoms with Gasteiger partial charge in [-0.3, -0.25) is 0 Å². The first-order valence-corrected chi connectivity index (χ1v) is 21.5. The number of rotatable bonds is 5. The molecule has 0 amide bonds. The highest BCUT2D eigenvalue weighted by atomic mass is 16.3. The van der Waals surface area contributed by atoms with Crippen molar-refractivity contribution in [1.82, 2.24) is 4.57 Å². The molecule has 62 heavy (non-hydrogen) atoms. The Hall–Kier alpha value is -7.88. The van der Waals surface area contributed by atoms with Crippen LogP contribution in [-0.2, 0) is 5.41 Å². The van der Waals surface area contributed by atoms with Gasteiger partial charge in [0.15, 0.2) is 0 Å². The summed E-state index contributed by atoms with van der Waals surface area (Å²) in [5, 5.41) is 9.70. The number of hydrogen-bond donors (Lipinski definition) is 0. The Morgan fingerprint density at radius 3 is 2.03 bits per heavy atom. The molecule has 2 heterocycles. The third kappa shape index (κ3) is 5.12. The van der Waals surface area contributed by atoms with Crippen LogP contribution in [0.3, 0.4) is 0 Å². The van der Waals surface area contributed by atoms with E-state index >= 15 is 0 Å². The van der Waals surface area contributed by atoms with Crippen molar-refractivity contribution in [2.24, 2.45) is 0 Å². The molecule has 3 nitrogen and oxygen atoms in total. The SMILES string of the molecule is CC1(C)c2ccccc2-c2c1ccc1cc3c4cc(-c5cccc(N(c6ccc7ccccc7c6)c6ccc7c(c6)oc6ccccc67)c5)ccc4n(-c4ccccc4)c3cc21. The Labute approximate surface area is 359 Å². The van der Waals surface area contributed by atoms with E-state index in [1.54, 1.807) is 0 Å². The van der Waals surface area contributed by atoms with E-state index in [4.69, 9.17) is 4.42 Å². The standard InChI is InChI=1S/C59H40N2O/c1-59(2)52-21-10-8-20-48(52)58-49-36-55-51(34-41(49)24-29-53(58)59)50-33-40(25-30-54(50)61(55)42-16-4-3-5-17-42)39-15-12-18-43(32-39)60(44-26-23-37-13-6-7-14-38(37)31-44)45-27-28-47-46-19-9-11-22-56(46)62-57(47)35-45/h3-36H,1-2H3. The molecule has 0 fully saturated rings. The van der Waals surface area contributed by atoms with Crippen LogP contribution in [0.5, 0.6) is 0 Å². The third-order valence-corrected chi connectivity index (χ3v) is 13.5. The van der Waals surface area contributed by atoms with Gasteiger partial charge in [0.1, 0.15) is 11.2 Å². The topological polar surface area (TPSA) is 21.3 Å². The van der Waals surface area contributed by atoms with Gasteiger partial charge < -0.3 is 13.9 Å². The molecule has 0 saturated heterocycles. The molecule has 13 rings (SSSR count). The van der Waals surface area contributed by atoms with E-state index < -0.39 is 0 Å². The second-order valence-corrected chi connectivity index (χ2v) is 17.3. The molecule has 292 valence electrons. The van der Waals surface area contributed by atoms with Crippen LogP contribution in [0, 0.1) is 0 Å². The lowest BCUT2D eigenvalue weighted by atomic mass is 9.82. The van der Waals surface area contributed by atoms with E-state index in [2.05, 4.69) is 217 Å². The van der Waals surface area contributed by atoms with Gasteiger partial charge in [0.2, 0.25) is 0 Å². The summed E-state index contributed by atoms with van der Waals surface area (Å²) in [6.07, 6.45) is 0. The van der Waals surface area contributed by atoms with E-state index in [9.17, 15) is 0 Å². The number of hydrogen-bond acceptors (Lipinski definition) is 2. The fourth-order valence-electron chi connectivity index (χ4n) is 10.5. The van der Waals surface area contributed by atoms with Gasteiger partial charge in [0.25, 0.3) is 0 Å². The van der Waals surface area contributed by atoms with Gasteiger partial charge in [0, 0.05) is 55.8 Å². The summed E-state index contributed by atoms with van der Waals surface area (Å²) < 4.78 is 8.88. The maximum atomic E-state index is 6.43. The number of aromatic nitrogens is 1. The molecule has 0 spiro atoms. The Bertz CT molecular complexity index is 3790. The zero-order chi connectivity index (χ0) is 41.1. The zero-order valence-electron chi connectivity index (χ0n) is 34.4. The highest BCUT2D eigenvalue weighted by Gasteiger charge is 2.36. The first-order chi connectivity index (χ1) is 30.5. The quantitative estimate of drug-likeness (QED) is 0.173. The number of anilines is 3. The highest BCUT2D eigenvalue weighted by Crippen LogP contribution is 2.52. The molecular formula is C59H40N2O. The number of furan rings is 1. The van der Waals surface area contributed by atoms with Crippen LogP contribution in [0.2, 0.25) is 0 Å². The number of nitrogens with zero attached hydrogens (tertiary/aromatic N) is 2. The van der Waals surface area contributed by atoms with Crippen LogP contribution in [0.25, 0.3) is 93.2 Å². The molecule has 0 aliphatic heterocycles. The summed E-state index contributed by atoms with van der Waals surface area (Å²) in [6.45, 7) is 4.72. The lowest BCUT2D eigenvalue weighted by molar-refractivity contribution is 0.661.